The molecule has 4 nitrogen and oxygen atoms in total. The Labute approximate surface area is 116 Å². The molecule has 1 saturated carbocycles. The quantitative estimate of drug-likeness (QED) is 0.813. The predicted molar refractivity (Wildman–Crippen MR) is 77.6 cm³/mol. The fraction of sp³-hybridized carbons (Fsp3) is 0.933. The van der Waals surface area contributed by atoms with E-state index in [4.69, 9.17) is 11.5 Å². The Morgan fingerprint density at radius 2 is 2.11 bits per heavy atom. The maximum atomic E-state index is 11.4. The lowest BCUT2D eigenvalue weighted by Crippen LogP contribution is -2.51. The molecule has 2 rings (SSSR count). The number of nitrogens with two attached hydrogens (primary N) is 2. The van der Waals surface area contributed by atoms with Gasteiger partial charge in [-0.3, -0.25) is 4.79 Å². The third-order valence-electron chi connectivity index (χ3n) is 5.11. The number of hydrogen-bond acceptors (Lipinski definition) is 3. The highest BCUT2D eigenvalue weighted by atomic mass is 16.1. The lowest BCUT2D eigenvalue weighted by Gasteiger charge is -2.28. The molecule has 4 N–H and O–H groups in total. The molecule has 0 radical (unpaired) electrons. The van der Waals surface area contributed by atoms with Crippen molar-refractivity contribution >= 4 is 5.91 Å². The Kier molecular flexibility index (Phi) is 4.85. The van der Waals surface area contributed by atoms with Gasteiger partial charge in [0.1, 0.15) is 0 Å². The molecule has 1 saturated heterocycles. The summed E-state index contributed by atoms with van der Waals surface area (Å²) in [7, 11) is 0. The molecular weight excluding hydrogens is 238 g/mol. The zero-order chi connectivity index (χ0) is 13.9. The van der Waals surface area contributed by atoms with Gasteiger partial charge in [-0.1, -0.05) is 19.8 Å². The highest BCUT2D eigenvalue weighted by Gasteiger charge is 2.42. The third-order valence-corrected chi connectivity index (χ3v) is 5.11. The predicted octanol–water partition coefficient (Wildman–Crippen LogP) is 1.62. The summed E-state index contributed by atoms with van der Waals surface area (Å²) in [6.07, 6.45) is 9.14. The number of amides is 1. The van der Waals surface area contributed by atoms with Crippen LogP contribution in [0, 0.1) is 5.92 Å². The number of hydrogen-bond donors (Lipinski definition) is 2. The monoisotopic (exact) mass is 267 g/mol. The largest absolute Gasteiger partial charge is 0.368 e. The van der Waals surface area contributed by atoms with Crippen molar-refractivity contribution < 1.29 is 4.79 Å². The molecule has 3 atom stereocenters. The second kappa shape index (κ2) is 6.23. The van der Waals surface area contributed by atoms with Crippen molar-refractivity contribution in [3.63, 3.8) is 0 Å². The van der Waals surface area contributed by atoms with Crippen LogP contribution in [0.5, 0.6) is 0 Å². The molecule has 0 bridgehead atoms. The first-order valence-corrected chi connectivity index (χ1v) is 7.88. The van der Waals surface area contributed by atoms with Crippen LogP contribution in [0.2, 0.25) is 0 Å². The Morgan fingerprint density at radius 3 is 2.74 bits per heavy atom. The normalized spacial score (nSPS) is 37.2. The van der Waals surface area contributed by atoms with E-state index in [0.29, 0.717) is 6.04 Å². The van der Waals surface area contributed by atoms with Crippen molar-refractivity contribution in [1.29, 1.82) is 0 Å². The van der Waals surface area contributed by atoms with Gasteiger partial charge in [0.15, 0.2) is 0 Å². The van der Waals surface area contributed by atoms with Crippen molar-refractivity contribution in [2.45, 2.75) is 69.9 Å². The summed E-state index contributed by atoms with van der Waals surface area (Å²) < 4.78 is 0. The molecule has 4 heteroatoms. The second-order valence-corrected chi connectivity index (χ2v) is 6.54. The van der Waals surface area contributed by atoms with Gasteiger partial charge < -0.3 is 16.4 Å². The minimum absolute atomic E-state index is 0.325. The molecule has 0 aromatic heterocycles. The number of likely N-dealkylation sites (tertiary alicyclic amines) is 1. The van der Waals surface area contributed by atoms with Crippen LogP contribution >= 0.6 is 0 Å². The highest BCUT2D eigenvalue weighted by Crippen LogP contribution is 2.33. The van der Waals surface area contributed by atoms with Crippen LogP contribution in [0.3, 0.4) is 0 Å². The minimum atomic E-state index is -0.750. The standard InChI is InChI=1S/C15H29N3O/c1-2-4-12-5-3-9-18(10-7-12)13-6-8-15(17,11-13)14(16)19/h12-13H,2-11,17H2,1H3,(H2,16,19). The van der Waals surface area contributed by atoms with Crippen LogP contribution in [-0.2, 0) is 4.79 Å². The smallest absolute Gasteiger partial charge is 0.237 e. The molecule has 19 heavy (non-hydrogen) atoms. The van der Waals surface area contributed by atoms with Gasteiger partial charge >= 0.3 is 0 Å². The Balaban J connectivity index is 1.88. The van der Waals surface area contributed by atoms with Gasteiger partial charge in [0.2, 0.25) is 5.91 Å². The lowest BCUT2D eigenvalue weighted by molar-refractivity contribution is -0.123. The van der Waals surface area contributed by atoms with E-state index in [-0.39, 0.29) is 5.91 Å². The van der Waals surface area contributed by atoms with Crippen LogP contribution in [-0.4, -0.2) is 35.5 Å². The Hall–Kier alpha value is -0.610. The maximum Gasteiger partial charge on any atom is 0.237 e. The van der Waals surface area contributed by atoms with Crippen LogP contribution in [0.4, 0.5) is 0 Å². The average molecular weight is 267 g/mol. The van der Waals surface area contributed by atoms with E-state index in [2.05, 4.69) is 11.8 Å². The third kappa shape index (κ3) is 3.48. The first kappa shape index (κ1) is 14.8. The summed E-state index contributed by atoms with van der Waals surface area (Å²) in [5, 5.41) is 0. The van der Waals surface area contributed by atoms with Gasteiger partial charge in [-0.15, -0.1) is 0 Å². The molecule has 0 spiro atoms. The fourth-order valence-corrected chi connectivity index (χ4v) is 3.83. The first-order valence-electron chi connectivity index (χ1n) is 7.88. The second-order valence-electron chi connectivity index (χ2n) is 6.54. The number of carbonyl (C=O) groups is 1. The molecule has 1 aliphatic heterocycles. The van der Waals surface area contributed by atoms with E-state index in [9.17, 15) is 4.79 Å². The number of carbonyl (C=O) groups excluding carboxylic acids is 1. The van der Waals surface area contributed by atoms with E-state index in [1.165, 1.54) is 45.2 Å². The van der Waals surface area contributed by atoms with Gasteiger partial charge in [-0.2, -0.15) is 0 Å². The summed E-state index contributed by atoms with van der Waals surface area (Å²) >= 11 is 0. The molecule has 2 aliphatic rings. The topological polar surface area (TPSA) is 72.3 Å². The van der Waals surface area contributed by atoms with E-state index in [1.807, 2.05) is 0 Å². The molecule has 0 aromatic carbocycles. The molecule has 1 heterocycles. The van der Waals surface area contributed by atoms with E-state index in [1.54, 1.807) is 0 Å². The van der Waals surface area contributed by atoms with Crippen LogP contribution in [0.15, 0.2) is 0 Å². The van der Waals surface area contributed by atoms with Crippen LogP contribution < -0.4 is 11.5 Å². The average Bonchev–Trinajstić information content (AvgIpc) is 2.63. The summed E-state index contributed by atoms with van der Waals surface area (Å²) in [6, 6.07) is 0.470. The number of rotatable bonds is 4. The van der Waals surface area contributed by atoms with Gasteiger partial charge in [-0.25, -0.2) is 0 Å². The van der Waals surface area contributed by atoms with Crippen molar-refractivity contribution in [3.8, 4) is 0 Å². The zero-order valence-corrected chi connectivity index (χ0v) is 12.2. The van der Waals surface area contributed by atoms with E-state index >= 15 is 0 Å². The molecule has 3 unspecified atom stereocenters. The van der Waals surface area contributed by atoms with Crippen molar-refractivity contribution in [2.75, 3.05) is 13.1 Å². The van der Waals surface area contributed by atoms with E-state index < -0.39 is 5.54 Å². The van der Waals surface area contributed by atoms with Gasteiger partial charge in [0.05, 0.1) is 5.54 Å². The van der Waals surface area contributed by atoms with Crippen molar-refractivity contribution in [1.82, 2.24) is 4.90 Å². The SMILES string of the molecule is CCCC1CCCN(C2CCC(N)(C(N)=O)C2)CC1. The lowest BCUT2D eigenvalue weighted by atomic mass is 9.96. The summed E-state index contributed by atoms with van der Waals surface area (Å²) in [5.74, 6) is 0.573. The molecule has 2 fully saturated rings. The van der Waals surface area contributed by atoms with Crippen molar-refractivity contribution in [2.24, 2.45) is 17.4 Å². The van der Waals surface area contributed by atoms with E-state index in [0.717, 1.165) is 25.2 Å². The number of nitrogens with zero attached hydrogens (tertiary/aromatic N) is 1. The molecule has 1 aliphatic carbocycles. The summed E-state index contributed by atoms with van der Waals surface area (Å²) in [5.41, 5.74) is 10.8. The Bertz CT molecular complexity index is 321. The summed E-state index contributed by atoms with van der Waals surface area (Å²) in [6.45, 7) is 4.61. The van der Waals surface area contributed by atoms with Crippen LogP contribution in [0.25, 0.3) is 0 Å². The maximum absolute atomic E-state index is 11.4. The molecule has 1 amide bonds. The Morgan fingerprint density at radius 1 is 1.32 bits per heavy atom. The minimum Gasteiger partial charge on any atom is -0.368 e. The van der Waals surface area contributed by atoms with Gasteiger partial charge in [-0.05, 0) is 57.5 Å². The van der Waals surface area contributed by atoms with Gasteiger partial charge in [0, 0.05) is 6.04 Å². The molecular formula is C15H29N3O. The fourth-order valence-electron chi connectivity index (χ4n) is 3.83. The number of primary amides is 1. The van der Waals surface area contributed by atoms with Crippen LogP contribution in [0.1, 0.15) is 58.3 Å². The zero-order valence-electron chi connectivity index (χ0n) is 12.2. The van der Waals surface area contributed by atoms with Crippen molar-refractivity contribution in [3.05, 3.63) is 0 Å². The molecule has 110 valence electrons. The first-order chi connectivity index (χ1) is 9.05. The highest BCUT2D eigenvalue weighted by molar-refractivity contribution is 5.84. The molecule has 0 aromatic rings. The summed E-state index contributed by atoms with van der Waals surface area (Å²) in [4.78, 5) is 14.0. The van der Waals surface area contributed by atoms with Gasteiger partial charge in [0.25, 0.3) is 0 Å².